The van der Waals surface area contributed by atoms with Crippen LogP contribution in [0.25, 0.3) is 99.1 Å². The van der Waals surface area contributed by atoms with E-state index in [0.29, 0.717) is 0 Å². The Labute approximate surface area is 372 Å². The summed E-state index contributed by atoms with van der Waals surface area (Å²) in [5.74, 6) is 0.877. The molecule has 11 aromatic carbocycles. The van der Waals surface area contributed by atoms with Crippen LogP contribution < -0.4 is 4.90 Å². The van der Waals surface area contributed by atoms with Gasteiger partial charge in [-0.15, -0.1) is 0 Å². The molecule has 0 aliphatic rings. The molecule has 2 nitrogen and oxygen atoms in total. The quantitative estimate of drug-likeness (QED) is 0.152. The molecule has 0 amide bonds. The van der Waals surface area contributed by atoms with Crippen LogP contribution in [0.15, 0.2) is 253 Å². The molecule has 0 bridgehead atoms. The molecule has 1 heterocycles. The van der Waals surface area contributed by atoms with Crippen LogP contribution >= 0.6 is 0 Å². The summed E-state index contributed by atoms with van der Waals surface area (Å²) < 4.78 is 6.22. The minimum Gasteiger partial charge on any atom is -0.456 e. The molecule has 1 aromatic heterocycles. The zero-order valence-electron chi connectivity index (χ0n) is 35.0. The van der Waals surface area contributed by atoms with E-state index >= 15 is 0 Å². The van der Waals surface area contributed by atoms with E-state index in [1.165, 1.54) is 71.3 Å². The molecule has 300 valence electrons. The Hall–Kier alpha value is -8.46. The van der Waals surface area contributed by atoms with Crippen molar-refractivity contribution in [2.24, 2.45) is 0 Å². The molecule has 2 heteroatoms. The molecular formula is C62H41NO. The minimum atomic E-state index is 0.877. The molecule has 0 unspecified atom stereocenters. The molecule has 0 N–H and O–H groups in total. The topological polar surface area (TPSA) is 16.4 Å². The highest BCUT2D eigenvalue weighted by Gasteiger charge is 2.16. The van der Waals surface area contributed by atoms with Gasteiger partial charge in [0.1, 0.15) is 11.3 Å². The zero-order chi connectivity index (χ0) is 42.4. The van der Waals surface area contributed by atoms with Crippen LogP contribution in [0.3, 0.4) is 0 Å². The van der Waals surface area contributed by atoms with Crippen molar-refractivity contribution in [2.75, 3.05) is 4.90 Å². The van der Waals surface area contributed by atoms with Gasteiger partial charge in [0.25, 0.3) is 0 Å². The van der Waals surface area contributed by atoms with Crippen LogP contribution in [0.1, 0.15) is 0 Å². The van der Waals surface area contributed by atoms with Crippen LogP contribution in [0.2, 0.25) is 0 Å². The summed E-state index contributed by atoms with van der Waals surface area (Å²) in [4.78, 5) is 2.36. The van der Waals surface area contributed by atoms with E-state index in [2.05, 4.69) is 235 Å². The monoisotopic (exact) mass is 815 g/mol. The van der Waals surface area contributed by atoms with Gasteiger partial charge in [-0.25, -0.2) is 0 Å². The lowest BCUT2D eigenvalue weighted by Crippen LogP contribution is -2.09. The van der Waals surface area contributed by atoms with Gasteiger partial charge >= 0.3 is 0 Å². The molecule has 12 aromatic rings. The first kappa shape index (κ1) is 37.3. The highest BCUT2D eigenvalue weighted by atomic mass is 16.3. The molecule has 0 radical (unpaired) electrons. The van der Waals surface area contributed by atoms with Crippen LogP contribution in [-0.4, -0.2) is 0 Å². The van der Waals surface area contributed by atoms with Crippen molar-refractivity contribution in [3.05, 3.63) is 249 Å². The van der Waals surface area contributed by atoms with Crippen LogP contribution in [0.4, 0.5) is 17.1 Å². The molecule has 12 rings (SSSR count). The summed E-state index contributed by atoms with van der Waals surface area (Å²) >= 11 is 0. The van der Waals surface area contributed by atoms with Gasteiger partial charge < -0.3 is 9.32 Å². The van der Waals surface area contributed by atoms with Crippen molar-refractivity contribution in [3.63, 3.8) is 0 Å². The standard InChI is InChI=1S/C62H41NO/c1-2-11-48-37-50(24-21-42(48)9-1)45-29-34-57(35-30-45)63(56-32-27-44(28-33-56)43-19-22-47(23-20-43)60-17-8-13-46-10-3-5-16-59(46)60)58-36-31-52-38-51(25-26-53(52)40-58)49-14-7-15-54(39-49)62-41-55-12-4-6-18-61(55)64-62/h1-41H. The van der Waals surface area contributed by atoms with Crippen LogP contribution in [0.5, 0.6) is 0 Å². The lowest BCUT2D eigenvalue weighted by atomic mass is 9.96. The maximum Gasteiger partial charge on any atom is 0.135 e. The minimum absolute atomic E-state index is 0.877. The first-order chi connectivity index (χ1) is 31.7. The van der Waals surface area contributed by atoms with E-state index in [9.17, 15) is 0 Å². The first-order valence-electron chi connectivity index (χ1n) is 21.9. The van der Waals surface area contributed by atoms with Crippen molar-refractivity contribution in [1.82, 2.24) is 0 Å². The molecule has 0 saturated carbocycles. The van der Waals surface area contributed by atoms with E-state index < -0.39 is 0 Å². The Morgan fingerprint density at radius 1 is 0.250 bits per heavy atom. The van der Waals surface area contributed by atoms with Crippen molar-refractivity contribution < 1.29 is 4.42 Å². The third-order valence-electron chi connectivity index (χ3n) is 12.6. The van der Waals surface area contributed by atoms with Crippen molar-refractivity contribution in [3.8, 4) is 55.8 Å². The number of furan rings is 1. The number of hydrogen-bond acceptors (Lipinski definition) is 2. The lowest BCUT2D eigenvalue weighted by molar-refractivity contribution is 0.631. The summed E-state index contributed by atoms with van der Waals surface area (Å²) in [6, 6.07) is 89.8. The molecule has 0 fully saturated rings. The second-order valence-electron chi connectivity index (χ2n) is 16.6. The predicted molar refractivity (Wildman–Crippen MR) is 271 cm³/mol. The fraction of sp³-hybridized carbons (Fsp3) is 0. The molecule has 0 aliphatic heterocycles. The Kier molecular flexibility index (Phi) is 9.20. The largest absolute Gasteiger partial charge is 0.456 e. The molecule has 64 heavy (non-hydrogen) atoms. The highest BCUT2D eigenvalue weighted by molar-refractivity contribution is 5.97. The fourth-order valence-electron chi connectivity index (χ4n) is 9.27. The average molecular weight is 816 g/mol. The summed E-state index contributed by atoms with van der Waals surface area (Å²) in [6.45, 7) is 0. The number of anilines is 3. The Bertz CT molecular complexity index is 3620. The van der Waals surface area contributed by atoms with Gasteiger partial charge in [-0.3, -0.25) is 0 Å². The number of para-hydroxylation sites is 1. The Morgan fingerprint density at radius 2 is 0.719 bits per heavy atom. The summed E-state index contributed by atoms with van der Waals surface area (Å²) in [5.41, 5.74) is 14.8. The van der Waals surface area contributed by atoms with E-state index in [4.69, 9.17) is 4.42 Å². The summed E-state index contributed by atoms with van der Waals surface area (Å²) in [7, 11) is 0. The Balaban J connectivity index is 0.883. The number of nitrogens with zero attached hydrogens (tertiary/aromatic N) is 1. The van der Waals surface area contributed by atoms with Gasteiger partial charge in [-0.1, -0.05) is 182 Å². The molecular weight excluding hydrogens is 775 g/mol. The van der Waals surface area contributed by atoms with Crippen LogP contribution in [0, 0.1) is 0 Å². The molecule has 0 aliphatic carbocycles. The number of rotatable bonds is 8. The third-order valence-corrected chi connectivity index (χ3v) is 12.6. The van der Waals surface area contributed by atoms with Crippen LogP contribution in [-0.2, 0) is 0 Å². The van der Waals surface area contributed by atoms with E-state index in [1.54, 1.807) is 0 Å². The maximum absolute atomic E-state index is 6.22. The van der Waals surface area contributed by atoms with Gasteiger partial charge in [-0.05, 0) is 144 Å². The highest BCUT2D eigenvalue weighted by Crippen LogP contribution is 2.40. The second-order valence-corrected chi connectivity index (χ2v) is 16.6. The molecule has 0 spiro atoms. The number of hydrogen-bond donors (Lipinski definition) is 0. The molecule has 0 atom stereocenters. The van der Waals surface area contributed by atoms with Gasteiger partial charge in [-0.2, -0.15) is 0 Å². The predicted octanol–water partition coefficient (Wildman–Crippen LogP) is 17.7. The fourth-order valence-corrected chi connectivity index (χ4v) is 9.27. The maximum atomic E-state index is 6.22. The van der Waals surface area contributed by atoms with E-state index in [0.717, 1.165) is 44.9 Å². The van der Waals surface area contributed by atoms with E-state index in [-0.39, 0.29) is 0 Å². The SMILES string of the molecule is c1cc(-c2ccc3cc(N(c4ccc(-c5ccc(-c6cccc7ccccc67)cc5)cc4)c4ccc(-c5ccc6ccccc6c5)cc4)ccc3c2)cc(-c2cc3ccccc3o2)c1. The first-order valence-corrected chi connectivity index (χ1v) is 21.9. The normalized spacial score (nSPS) is 11.4. The van der Waals surface area contributed by atoms with Gasteiger partial charge in [0, 0.05) is 28.0 Å². The third kappa shape index (κ3) is 6.98. The van der Waals surface area contributed by atoms with Gasteiger partial charge in [0.2, 0.25) is 0 Å². The Morgan fingerprint density at radius 3 is 1.47 bits per heavy atom. The van der Waals surface area contributed by atoms with Crippen molar-refractivity contribution in [1.29, 1.82) is 0 Å². The smallest absolute Gasteiger partial charge is 0.135 e. The van der Waals surface area contributed by atoms with Crippen molar-refractivity contribution in [2.45, 2.75) is 0 Å². The second kappa shape index (κ2) is 15.8. The zero-order valence-corrected chi connectivity index (χ0v) is 35.0. The molecule has 0 saturated heterocycles. The van der Waals surface area contributed by atoms with Crippen molar-refractivity contribution >= 4 is 60.3 Å². The van der Waals surface area contributed by atoms with E-state index in [1.807, 2.05) is 18.2 Å². The summed E-state index contributed by atoms with van der Waals surface area (Å²) in [5, 5.41) is 8.49. The van der Waals surface area contributed by atoms with Gasteiger partial charge in [0.15, 0.2) is 0 Å². The lowest BCUT2D eigenvalue weighted by Gasteiger charge is -2.26. The number of benzene rings is 11. The average Bonchev–Trinajstić information content (AvgIpc) is 3.81. The van der Waals surface area contributed by atoms with Gasteiger partial charge in [0.05, 0.1) is 0 Å². The number of fused-ring (bicyclic) bond motifs is 4. The summed E-state index contributed by atoms with van der Waals surface area (Å²) in [6.07, 6.45) is 0.